The van der Waals surface area contributed by atoms with Crippen LogP contribution in [0.1, 0.15) is 37.3 Å². The van der Waals surface area contributed by atoms with Crippen molar-refractivity contribution in [2.75, 3.05) is 22.5 Å². The molecule has 2 aromatic carbocycles. The van der Waals surface area contributed by atoms with Gasteiger partial charge >= 0.3 is 0 Å². The predicted octanol–water partition coefficient (Wildman–Crippen LogP) is 4.11. The van der Waals surface area contributed by atoms with Crippen LogP contribution in [0.5, 0.6) is 0 Å². The number of benzene rings is 2. The molecule has 0 spiro atoms. The third-order valence-electron chi connectivity index (χ3n) is 5.77. The lowest BCUT2D eigenvalue weighted by molar-refractivity contribution is -0.119. The number of halogens is 1. The maximum absolute atomic E-state index is 13.0. The molecule has 1 saturated carbocycles. The lowest BCUT2D eigenvalue weighted by Gasteiger charge is -2.18. The molecule has 1 N–H and O–H groups in total. The largest absolute Gasteiger partial charge is 0.326 e. The summed E-state index contributed by atoms with van der Waals surface area (Å²) < 4.78 is 26.5. The Kier molecular flexibility index (Phi) is 6.21. The van der Waals surface area contributed by atoms with Gasteiger partial charge in [0.15, 0.2) is 9.84 Å². The second-order valence-corrected chi connectivity index (χ2v) is 11.0. The summed E-state index contributed by atoms with van der Waals surface area (Å²) in [5, 5.41) is 2.77. The molecule has 0 bridgehead atoms. The van der Waals surface area contributed by atoms with Crippen molar-refractivity contribution in [2.45, 2.75) is 43.9 Å². The molecule has 8 heteroatoms. The van der Waals surface area contributed by atoms with Crippen molar-refractivity contribution in [1.29, 1.82) is 0 Å². The minimum absolute atomic E-state index is 0.0737. The summed E-state index contributed by atoms with van der Waals surface area (Å²) in [6.45, 7) is 2.61. The van der Waals surface area contributed by atoms with E-state index in [-0.39, 0.29) is 34.8 Å². The van der Waals surface area contributed by atoms with Crippen molar-refractivity contribution < 1.29 is 18.0 Å². The molecule has 0 unspecified atom stereocenters. The number of nitrogens with one attached hydrogen (secondary N) is 1. The predicted molar refractivity (Wildman–Crippen MR) is 124 cm³/mol. The average Bonchev–Trinajstić information content (AvgIpc) is 3.51. The molecule has 4 rings (SSSR count). The Balaban J connectivity index is 1.47. The van der Waals surface area contributed by atoms with Gasteiger partial charge < -0.3 is 10.2 Å². The second-order valence-electron chi connectivity index (χ2n) is 8.10. The zero-order chi connectivity index (χ0) is 22.2. The first-order chi connectivity index (χ1) is 14.8. The van der Waals surface area contributed by atoms with E-state index in [1.54, 1.807) is 23.1 Å². The first-order valence-electron chi connectivity index (χ1n) is 10.5. The summed E-state index contributed by atoms with van der Waals surface area (Å²) in [6, 6.07) is 10.9. The monoisotopic (exact) mass is 504 g/mol. The van der Waals surface area contributed by atoms with Crippen molar-refractivity contribution >= 4 is 49.0 Å². The quantitative estimate of drug-likeness (QED) is 0.614. The van der Waals surface area contributed by atoms with Crippen LogP contribution in [0.25, 0.3) is 0 Å². The summed E-state index contributed by atoms with van der Waals surface area (Å²) in [4.78, 5) is 26.7. The molecule has 164 valence electrons. The van der Waals surface area contributed by atoms with E-state index < -0.39 is 9.84 Å². The number of nitrogens with zero attached hydrogens (tertiary/aromatic N) is 1. The third kappa shape index (κ3) is 4.85. The summed E-state index contributed by atoms with van der Waals surface area (Å²) in [7, 11) is -3.71. The van der Waals surface area contributed by atoms with E-state index in [4.69, 9.17) is 0 Å². The Morgan fingerprint density at radius 1 is 1.19 bits per heavy atom. The van der Waals surface area contributed by atoms with Crippen molar-refractivity contribution in [2.24, 2.45) is 5.92 Å². The fraction of sp³-hybridized carbons (Fsp3) is 0.391. The maximum Gasteiger partial charge on any atom is 0.230 e. The Bertz CT molecular complexity index is 1140. The summed E-state index contributed by atoms with van der Waals surface area (Å²) in [5.74, 6) is -0.498. The van der Waals surface area contributed by atoms with Gasteiger partial charge in [-0.05, 0) is 77.0 Å². The number of carbonyl (C=O) groups excluding carboxylic acids is 2. The zero-order valence-electron chi connectivity index (χ0n) is 17.4. The van der Waals surface area contributed by atoms with Crippen LogP contribution in [0.4, 0.5) is 11.4 Å². The minimum atomic E-state index is -3.71. The van der Waals surface area contributed by atoms with Crippen molar-refractivity contribution in [1.82, 2.24) is 0 Å². The Hall–Kier alpha value is -2.19. The molecule has 1 aliphatic heterocycles. The second kappa shape index (κ2) is 8.74. The van der Waals surface area contributed by atoms with Crippen LogP contribution in [0.2, 0.25) is 0 Å². The molecule has 31 heavy (non-hydrogen) atoms. The smallest absolute Gasteiger partial charge is 0.230 e. The number of rotatable bonds is 7. The SMILES string of the molecule is CCc1cccc(NC(=O)CCS(=O)(=O)c2cc3c(cc2Br)CCN3C(=O)C2CC2)c1. The number of carbonyl (C=O) groups is 2. The van der Waals surface area contributed by atoms with Gasteiger partial charge in [0.05, 0.1) is 10.6 Å². The standard InChI is InChI=1S/C23H25BrN2O4S/c1-2-15-4-3-5-18(12-15)25-22(27)9-11-31(29,30)21-14-20-17(13-19(21)24)8-10-26(20)23(28)16-6-7-16/h3-5,12-14,16H,2,6-11H2,1H3,(H,25,27). The van der Waals surface area contributed by atoms with Gasteiger partial charge in [0.25, 0.3) is 0 Å². The molecule has 2 amide bonds. The van der Waals surface area contributed by atoms with Gasteiger partial charge in [0.2, 0.25) is 11.8 Å². The van der Waals surface area contributed by atoms with Gasteiger partial charge in [0, 0.05) is 34.7 Å². The van der Waals surface area contributed by atoms with Gasteiger partial charge in [-0.3, -0.25) is 9.59 Å². The van der Waals surface area contributed by atoms with Crippen LogP contribution >= 0.6 is 15.9 Å². The Morgan fingerprint density at radius 2 is 1.97 bits per heavy atom. The van der Waals surface area contributed by atoms with Gasteiger partial charge in [-0.15, -0.1) is 0 Å². The molecule has 0 aromatic heterocycles. The highest BCUT2D eigenvalue weighted by atomic mass is 79.9. The molecule has 1 fully saturated rings. The van der Waals surface area contributed by atoms with E-state index in [9.17, 15) is 18.0 Å². The molecule has 0 radical (unpaired) electrons. The number of anilines is 2. The molecule has 1 aliphatic carbocycles. The number of fused-ring (bicyclic) bond motifs is 1. The molecular weight excluding hydrogens is 480 g/mol. The van der Waals surface area contributed by atoms with Crippen LogP contribution in [0.3, 0.4) is 0 Å². The molecular formula is C23H25BrN2O4S. The summed E-state index contributed by atoms with van der Waals surface area (Å²) in [6.07, 6.45) is 3.23. The van der Waals surface area contributed by atoms with E-state index in [1.165, 1.54) is 0 Å². The third-order valence-corrected chi connectivity index (χ3v) is 8.44. The summed E-state index contributed by atoms with van der Waals surface area (Å²) >= 11 is 3.38. The molecule has 1 heterocycles. The number of sulfone groups is 1. The van der Waals surface area contributed by atoms with Gasteiger partial charge in [-0.25, -0.2) is 8.42 Å². The van der Waals surface area contributed by atoms with Gasteiger partial charge in [0.1, 0.15) is 0 Å². The van der Waals surface area contributed by atoms with E-state index >= 15 is 0 Å². The highest BCUT2D eigenvalue weighted by Crippen LogP contribution is 2.39. The van der Waals surface area contributed by atoms with Crippen LogP contribution < -0.4 is 10.2 Å². The lowest BCUT2D eigenvalue weighted by atomic mass is 10.1. The summed E-state index contributed by atoms with van der Waals surface area (Å²) in [5.41, 5.74) is 3.40. The first kappa shape index (κ1) is 22.0. The van der Waals surface area contributed by atoms with E-state index in [0.717, 1.165) is 30.4 Å². The number of amides is 2. The van der Waals surface area contributed by atoms with Crippen LogP contribution in [-0.2, 0) is 32.3 Å². The van der Waals surface area contributed by atoms with E-state index in [1.807, 2.05) is 25.1 Å². The Morgan fingerprint density at radius 3 is 2.68 bits per heavy atom. The highest BCUT2D eigenvalue weighted by Gasteiger charge is 2.37. The molecule has 2 aliphatic rings. The zero-order valence-corrected chi connectivity index (χ0v) is 19.8. The van der Waals surface area contributed by atoms with Gasteiger partial charge in [-0.1, -0.05) is 19.1 Å². The highest BCUT2D eigenvalue weighted by molar-refractivity contribution is 9.10. The van der Waals surface area contributed by atoms with Crippen LogP contribution in [-0.4, -0.2) is 32.5 Å². The molecule has 6 nitrogen and oxygen atoms in total. The normalized spacial score (nSPS) is 15.6. The minimum Gasteiger partial charge on any atom is -0.326 e. The fourth-order valence-corrected chi connectivity index (χ4v) is 6.29. The molecule has 0 atom stereocenters. The van der Waals surface area contributed by atoms with Crippen molar-refractivity contribution in [3.63, 3.8) is 0 Å². The van der Waals surface area contributed by atoms with Crippen molar-refractivity contribution in [3.05, 3.63) is 52.0 Å². The maximum atomic E-state index is 13.0. The number of hydrogen-bond acceptors (Lipinski definition) is 4. The number of aryl methyl sites for hydroxylation is 1. The lowest BCUT2D eigenvalue weighted by Crippen LogP contribution is -2.30. The molecule has 2 aromatic rings. The molecule has 0 saturated heterocycles. The van der Waals surface area contributed by atoms with Crippen LogP contribution in [0.15, 0.2) is 45.8 Å². The van der Waals surface area contributed by atoms with E-state index in [2.05, 4.69) is 21.2 Å². The average molecular weight is 505 g/mol. The van der Waals surface area contributed by atoms with E-state index in [0.29, 0.717) is 28.8 Å². The van der Waals surface area contributed by atoms with Gasteiger partial charge in [-0.2, -0.15) is 0 Å². The number of hydrogen-bond donors (Lipinski definition) is 1. The van der Waals surface area contributed by atoms with Crippen LogP contribution in [0, 0.1) is 5.92 Å². The fourth-order valence-electron chi connectivity index (χ4n) is 3.84. The Labute approximate surface area is 191 Å². The topological polar surface area (TPSA) is 83.6 Å². The van der Waals surface area contributed by atoms with Crippen molar-refractivity contribution in [3.8, 4) is 0 Å². The first-order valence-corrected chi connectivity index (χ1v) is 13.0.